The van der Waals surface area contributed by atoms with Crippen LogP contribution in [0.25, 0.3) is 0 Å². The standard InChI is InChI=1S/C16H25N5O3/c1-5-24-16(23)21-8-6-20(7-9-21)15-18-12(4)10-13(19-15)14(22)17-11(2)3/h10-11H,5-9H2,1-4H3,(H,17,22). The van der Waals surface area contributed by atoms with E-state index in [2.05, 4.69) is 15.3 Å². The highest BCUT2D eigenvalue weighted by Gasteiger charge is 2.24. The topological polar surface area (TPSA) is 87.7 Å². The maximum absolute atomic E-state index is 12.2. The van der Waals surface area contributed by atoms with E-state index in [0.717, 1.165) is 5.69 Å². The number of aryl methyl sites for hydroxylation is 1. The molecule has 2 heterocycles. The number of hydrogen-bond acceptors (Lipinski definition) is 6. The number of piperazine rings is 1. The van der Waals surface area contributed by atoms with Gasteiger partial charge in [-0.05, 0) is 33.8 Å². The molecule has 24 heavy (non-hydrogen) atoms. The van der Waals surface area contributed by atoms with Gasteiger partial charge in [-0.2, -0.15) is 0 Å². The Morgan fingerprint density at radius 2 is 1.92 bits per heavy atom. The van der Waals surface area contributed by atoms with Crippen molar-refractivity contribution < 1.29 is 14.3 Å². The van der Waals surface area contributed by atoms with Crippen molar-refractivity contribution in [1.82, 2.24) is 20.2 Å². The molecule has 0 radical (unpaired) electrons. The predicted octanol–water partition coefficient (Wildman–Crippen LogP) is 1.20. The van der Waals surface area contributed by atoms with Crippen molar-refractivity contribution in [3.8, 4) is 0 Å². The lowest BCUT2D eigenvalue weighted by atomic mass is 10.3. The normalized spacial score (nSPS) is 14.7. The van der Waals surface area contributed by atoms with E-state index < -0.39 is 0 Å². The van der Waals surface area contributed by atoms with E-state index in [4.69, 9.17) is 4.74 Å². The molecule has 1 aliphatic heterocycles. The number of amides is 2. The number of rotatable bonds is 4. The molecule has 1 aromatic heterocycles. The van der Waals surface area contributed by atoms with Crippen molar-refractivity contribution in [3.63, 3.8) is 0 Å². The first kappa shape index (κ1) is 18.0. The molecule has 0 aromatic carbocycles. The zero-order valence-corrected chi connectivity index (χ0v) is 14.7. The van der Waals surface area contributed by atoms with Crippen molar-refractivity contribution in [1.29, 1.82) is 0 Å². The fourth-order valence-corrected chi connectivity index (χ4v) is 2.45. The monoisotopic (exact) mass is 335 g/mol. The number of ether oxygens (including phenoxy) is 1. The average molecular weight is 335 g/mol. The molecule has 1 fully saturated rings. The number of carbonyl (C=O) groups is 2. The summed E-state index contributed by atoms with van der Waals surface area (Å²) < 4.78 is 5.01. The SMILES string of the molecule is CCOC(=O)N1CCN(c2nc(C)cc(C(=O)NC(C)C)n2)CC1. The lowest BCUT2D eigenvalue weighted by molar-refractivity contribution is 0.0937. The van der Waals surface area contributed by atoms with Gasteiger partial charge in [0, 0.05) is 37.9 Å². The first-order valence-corrected chi connectivity index (χ1v) is 8.24. The summed E-state index contributed by atoms with van der Waals surface area (Å²) in [5.74, 6) is 0.314. The van der Waals surface area contributed by atoms with Crippen molar-refractivity contribution in [3.05, 3.63) is 17.5 Å². The third-order valence-corrected chi connectivity index (χ3v) is 3.58. The molecule has 1 aromatic rings. The Morgan fingerprint density at radius 3 is 2.50 bits per heavy atom. The number of nitrogens with one attached hydrogen (secondary N) is 1. The van der Waals surface area contributed by atoms with Gasteiger partial charge in [0.15, 0.2) is 0 Å². The Hall–Kier alpha value is -2.38. The lowest BCUT2D eigenvalue weighted by Crippen LogP contribution is -2.49. The van der Waals surface area contributed by atoms with Crippen LogP contribution in [0.2, 0.25) is 0 Å². The van der Waals surface area contributed by atoms with Gasteiger partial charge in [0.2, 0.25) is 5.95 Å². The predicted molar refractivity (Wildman–Crippen MR) is 90.2 cm³/mol. The second-order valence-electron chi connectivity index (χ2n) is 6.00. The summed E-state index contributed by atoms with van der Waals surface area (Å²) in [6, 6.07) is 1.72. The zero-order valence-electron chi connectivity index (χ0n) is 14.7. The molecule has 1 saturated heterocycles. The van der Waals surface area contributed by atoms with Crippen LogP contribution in [0, 0.1) is 6.92 Å². The summed E-state index contributed by atoms with van der Waals surface area (Å²) in [7, 11) is 0. The fraction of sp³-hybridized carbons (Fsp3) is 0.625. The minimum absolute atomic E-state index is 0.0457. The van der Waals surface area contributed by atoms with E-state index in [1.165, 1.54) is 0 Å². The average Bonchev–Trinajstić information content (AvgIpc) is 2.54. The van der Waals surface area contributed by atoms with Crippen molar-refractivity contribution in [2.24, 2.45) is 0 Å². The van der Waals surface area contributed by atoms with E-state index >= 15 is 0 Å². The molecule has 0 aliphatic carbocycles. The molecule has 0 atom stereocenters. The van der Waals surface area contributed by atoms with Crippen LogP contribution in [-0.4, -0.2) is 65.7 Å². The van der Waals surface area contributed by atoms with Gasteiger partial charge >= 0.3 is 6.09 Å². The van der Waals surface area contributed by atoms with Crippen molar-refractivity contribution in [2.45, 2.75) is 33.7 Å². The molecule has 132 valence electrons. The van der Waals surface area contributed by atoms with Crippen LogP contribution < -0.4 is 10.2 Å². The summed E-state index contributed by atoms with van der Waals surface area (Å²) >= 11 is 0. The van der Waals surface area contributed by atoms with Gasteiger partial charge in [-0.25, -0.2) is 14.8 Å². The first-order valence-electron chi connectivity index (χ1n) is 8.24. The van der Waals surface area contributed by atoms with Gasteiger partial charge < -0.3 is 19.9 Å². The van der Waals surface area contributed by atoms with Gasteiger partial charge in [0.05, 0.1) is 6.61 Å². The Morgan fingerprint density at radius 1 is 1.25 bits per heavy atom. The molecule has 8 nitrogen and oxygen atoms in total. The highest BCUT2D eigenvalue weighted by molar-refractivity contribution is 5.92. The smallest absolute Gasteiger partial charge is 0.409 e. The fourth-order valence-electron chi connectivity index (χ4n) is 2.45. The molecule has 0 bridgehead atoms. The summed E-state index contributed by atoms with van der Waals surface area (Å²) in [5, 5.41) is 2.84. The first-order chi connectivity index (χ1) is 11.4. The maximum Gasteiger partial charge on any atom is 0.409 e. The van der Waals surface area contributed by atoms with Gasteiger partial charge in [-0.3, -0.25) is 4.79 Å². The quantitative estimate of drug-likeness (QED) is 0.890. The Labute approximate surface area is 142 Å². The molecule has 0 spiro atoms. The van der Waals surface area contributed by atoms with Crippen LogP contribution in [0.1, 0.15) is 37.0 Å². The zero-order chi connectivity index (χ0) is 17.7. The van der Waals surface area contributed by atoms with Crippen LogP contribution in [0.5, 0.6) is 0 Å². The van der Waals surface area contributed by atoms with Crippen LogP contribution in [0.15, 0.2) is 6.07 Å². The van der Waals surface area contributed by atoms with Crippen molar-refractivity contribution in [2.75, 3.05) is 37.7 Å². The number of carbonyl (C=O) groups excluding carboxylic acids is 2. The molecular weight excluding hydrogens is 310 g/mol. The van der Waals surface area contributed by atoms with Crippen LogP contribution in [0.3, 0.4) is 0 Å². The number of hydrogen-bond donors (Lipinski definition) is 1. The van der Waals surface area contributed by atoms with E-state index in [-0.39, 0.29) is 18.0 Å². The molecule has 0 saturated carbocycles. The Bertz CT molecular complexity index is 597. The van der Waals surface area contributed by atoms with Gasteiger partial charge in [-0.15, -0.1) is 0 Å². The van der Waals surface area contributed by atoms with E-state index in [1.54, 1.807) is 17.9 Å². The summed E-state index contributed by atoms with van der Waals surface area (Å²) in [6.07, 6.45) is -0.292. The summed E-state index contributed by atoms with van der Waals surface area (Å²) in [6.45, 7) is 10.1. The second-order valence-corrected chi connectivity index (χ2v) is 6.00. The third-order valence-electron chi connectivity index (χ3n) is 3.58. The summed E-state index contributed by atoms with van der Waals surface area (Å²) in [4.78, 5) is 36.4. The van der Waals surface area contributed by atoms with Gasteiger partial charge in [0.1, 0.15) is 5.69 Å². The van der Waals surface area contributed by atoms with Crippen LogP contribution in [0.4, 0.5) is 10.7 Å². The van der Waals surface area contributed by atoms with Crippen molar-refractivity contribution >= 4 is 17.9 Å². The third kappa shape index (κ3) is 4.56. The van der Waals surface area contributed by atoms with Gasteiger partial charge in [-0.1, -0.05) is 0 Å². The molecular formula is C16H25N5O3. The maximum atomic E-state index is 12.2. The second kappa shape index (κ2) is 7.94. The largest absolute Gasteiger partial charge is 0.450 e. The lowest BCUT2D eigenvalue weighted by Gasteiger charge is -2.34. The molecule has 0 unspecified atom stereocenters. The van der Waals surface area contributed by atoms with E-state index in [9.17, 15) is 9.59 Å². The van der Waals surface area contributed by atoms with E-state index in [0.29, 0.717) is 44.4 Å². The highest BCUT2D eigenvalue weighted by atomic mass is 16.6. The summed E-state index contributed by atoms with van der Waals surface area (Å²) in [5.41, 5.74) is 1.10. The Kier molecular flexibility index (Phi) is 5.94. The highest BCUT2D eigenvalue weighted by Crippen LogP contribution is 2.14. The molecule has 2 rings (SSSR count). The van der Waals surface area contributed by atoms with Crippen LogP contribution in [-0.2, 0) is 4.74 Å². The molecule has 1 N–H and O–H groups in total. The van der Waals surface area contributed by atoms with Gasteiger partial charge in [0.25, 0.3) is 5.91 Å². The van der Waals surface area contributed by atoms with E-state index in [1.807, 2.05) is 25.7 Å². The molecule has 1 aliphatic rings. The molecule has 2 amide bonds. The number of anilines is 1. The number of aromatic nitrogens is 2. The number of nitrogens with zero attached hydrogens (tertiary/aromatic N) is 4. The Balaban J connectivity index is 2.06. The molecule has 8 heteroatoms. The minimum atomic E-state index is -0.292. The van der Waals surface area contributed by atoms with Crippen LogP contribution >= 0.6 is 0 Å². The minimum Gasteiger partial charge on any atom is -0.450 e.